The lowest BCUT2D eigenvalue weighted by atomic mass is 9.93. The Morgan fingerprint density at radius 1 is 1.30 bits per heavy atom. The van der Waals surface area contributed by atoms with Crippen LogP contribution in [0.3, 0.4) is 0 Å². The van der Waals surface area contributed by atoms with Gasteiger partial charge in [-0.25, -0.2) is 0 Å². The Kier molecular flexibility index (Phi) is 5.98. The molecule has 1 atom stereocenters. The minimum Gasteiger partial charge on any atom is -0.388 e. The van der Waals surface area contributed by atoms with Gasteiger partial charge in [-0.05, 0) is 33.1 Å². The second kappa shape index (κ2) is 6.87. The molecule has 20 heavy (non-hydrogen) atoms. The lowest BCUT2D eigenvalue weighted by Gasteiger charge is -2.40. The molecule has 118 valence electrons. The van der Waals surface area contributed by atoms with Gasteiger partial charge in [0.05, 0.1) is 11.1 Å². The van der Waals surface area contributed by atoms with E-state index in [0.717, 1.165) is 26.2 Å². The Labute approximate surface area is 123 Å². The maximum Gasteiger partial charge on any atom is 0.240 e. The largest absolute Gasteiger partial charge is 0.388 e. The Bertz CT molecular complexity index is 321. The molecular weight excluding hydrogens is 254 g/mol. The fourth-order valence-electron chi connectivity index (χ4n) is 2.81. The molecule has 5 heteroatoms. The molecule has 0 bridgehead atoms. The number of aliphatic hydroxyl groups is 1. The summed E-state index contributed by atoms with van der Waals surface area (Å²) < 4.78 is 0. The monoisotopic (exact) mass is 285 g/mol. The fourth-order valence-corrected chi connectivity index (χ4v) is 2.81. The van der Waals surface area contributed by atoms with Crippen LogP contribution < -0.4 is 10.6 Å². The minimum atomic E-state index is -0.844. The van der Waals surface area contributed by atoms with Crippen molar-refractivity contribution in [2.75, 3.05) is 32.7 Å². The summed E-state index contributed by atoms with van der Waals surface area (Å²) in [6, 6.07) is 0. The van der Waals surface area contributed by atoms with E-state index in [1.165, 1.54) is 0 Å². The Morgan fingerprint density at radius 3 is 2.35 bits per heavy atom. The van der Waals surface area contributed by atoms with Crippen LogP contribution in [-0.2, 0) is 4.79 Å². The van der Waals surface area contributed by atoms with Crippen molar-refractivity contribution in [3.8, 4) is 0 Å². The molecule has 0 spiro atoms. The van der Waals surface area contributed by atoms with Crippen molar-refractivity contribution in [3.05, 3.63) is 0 Å². The highest BCUT2D eigenvalue weighted by molar-refractivity contribution is 5.85. The maximum atomic E-state index is 12.4. The van der Waals surface area contributed by atoms with E-state index in [1.54, 1.807) is 6.92 Å². The van der Waals surface area contributed by atoms with Gasteiger partial charge in [-0.2, -0.15) is 0 Å². The molecule has 0 saturated carbocycles. The number of hydrogen-bond donors (Lipinski definition) is 3. The summed E-state index contributed by atoms with van der Waals surface area (Å²) in [6.45, 7) is 13.7. The molecule has 0 aliphatic carbocycles. The molecule has 3 N–H and O–H groups in total. The topological polar surface area (TPSA) is 64.6 Å². The summed E-state index contributed by atoms with van der Waals surface area (Å²) in [5.74, 6) is 0.395. The van der Waals surface area contributed by atoms with E-state index < -0.39 is 11.1 Å². The third-order valence-electron chi connectivity index (χ3n) is 3.94. The van der Waals surface area contributed by atoms with Crippen molar-refractivity contribution in [1.29, 1.82) is 0 Å². The number of carbonyl (C=O) groups is 1. The molecule has 0 aromatic carbocycles. The summed E-state index contributed by atoms with van der Waals surface area (Å²) in [5, 5.41) is 16.5. The average Bonchev–Trinajstić information content (AvgIpc) is 2.35. The molecule has 0 aromatic rings. The Hall–Kier alpha value is -0.650. The van der Waals surface area contributed by atoms with Gasteiger partial charge in [0.1, 0.15) is 0 Å². The van der Waals surface area contributed by atoms with E-state index in [0.29, 0.717) is 18.9 Å². The van der Waals surface area contributed by atoms with E-state index in [1.807, 2.05) is 13.8 Å². The van der Waals surface area contributed by atoms with Crippen LogP contribution >= 0.6 is 0 Å². The summed E-state index contributed by atoms with van der Waals surface area (Å²) in [6.07, 6.45) is 0.682. The first-order valence-corrected chi connectivity index (χ1v) is 7.61. The molecule has 5 nitrogen and oxygen atoms in total. The molecule has 1 aliphatic heterocycles. The number of rotatable bonds is 6. The normalized spacial score (nSPS) is 20.8. The summed E-state index contributed by atoms with van der Waals surface area (Å²) in [5.41, 5.74) is -1.38. The SMILES string of the molecule is CC(C)CC(C)(O)CNC(=O)C(C)(C)N1CCNCC1. The van der Waals surface area contributed by atoms with E-state index in [2.05, 4.69) is 29.4 Å². The number of carbonyl (C=O) groups excluding carboxylic acids is 1. The van der Waals surface area contributed by atoms with Gasteiger partial charge < -0.3 is 15.7 Å². The summed E-state index contributed by atoms with van der Waals surface area (Å²) in [4.78, 5) is 14.6. The number of amides is 1. The van der Waals surface area contributed by atoms with Crippen molar-refractivity contribution in [3.63, 3.8) is 0 Å². The first-order chi connectivity index (χ1) is 9.15. The number of nitrogens with zero attached hydrogens (tertiary/aromatic N) is 1. The standard InChI is InChI=1S/C15H31N3O2/c1-12(2)10-15(5,20)11-17-13(19)14(3,4)18-8-6-16-7-9-18/h12,16,20H,6-11H2,1-5H3,(H,17,19). The zero-order chi connectivity index (χ0) is 15.4. The van der Waals surface area contributed by atoms with Crippen LogP contribution in [0.25, 0.3) is 0 Å². The summed E-state index contributed by atoms with van der Waals surface area (Å²) in [7, 11) is 0. The molecule has 1 rings (SSSR count). The molecule has 1 saturated heterocycles. The Balaban J connectivity index is 2.52. The molecule has 1 aliphatic rings. The van der Waals surface area contributed by atoms with Crippen LogP contribution in [0.2, 0.25) is 0 Å². The lowest BCUT2D eigenvalue weighted by molar-refractivity contribution is -0.133. The van der Waals surface area contributed by atoms with Gasteiger partial charge in [0.2, 0.25) is 5.91 Å². The van der Waals surface area contributed by atoms with Crippen LogP contribution in [0.5, 0.6) is 0 Å². The molecule has 1 amide bonds. The van der Waals surface area contributed by atoms with E-state index in [9.17, 15) is 9.90 Å². The first-order valence-electron chi connectivity index (χ1n) is 7.61. The molecule has 1 unspecified atom stereocenters. The molecule has 0 aromatic heterocycles. The second-order valence-electron chi connectivity index (χ2n) is 7.07. The first kappa shape index (κ1) is 17.4. The van der Waals surface area contributed by atoms with Gasteiger partial charge in [0, 0.05) is 32.7 Å². The zero-order valence-corrected chi connectivity index (χ0v) is 13.6. The second-order valence-corrected chi connectivity index (χ2v) is 7.07. The van der Waals surface area contributed by atoms with Crippen LogP contribution in [0, 0.1) is 5.92 Å². The number of hydrogen-bond acceptors (Lipinski definition) is 4. The van der Waals surface area contributed by atoms with Crippen molar-refractivity contribution in [1.82, 2.24) is 15.5 Å². The predicted molar refractivity (Wildman–Crippen MR) is 81.6 cm³/mol. The van der Waals surface area contributed by atoms with Crippen molar-refractivity contribution in [2.24, 2.45) is 5.92 Å². The Morgan fingerprint density at radius 2 is 1.85 bits per heavy atom. The van der Waals surface area contributed by atoms with E-state index in [-0.39, 0.29) is 5.91 Å². The molecule has 1 heterocycles. The van der Waals surface area contributed by atoms with Crippen LogP contribution in [-0.4, -0.2) is 59.8 Å². The van der Waals surface area contributed by atoms with Crippen molar-refractivity contribution >= 4 is 5.91 Å². The third kappa shape index (κ3) is 5.04. The third-order valence-corrected chi connectivity index (χ3v) is 3.94. The highest BCUT2D eigenvalue weighted by Crippen LogP contribution is 2.18. The van der Waals surface area contributed by atoms with Crippen LogP contribution in [0.1, 0.15) is 41.0 Å². The predicted octanol–water partition coefficient (Wildman–Crippen LogP) is 0.584. The maximum absolute atomic E-state index is 12.4. The van der Waals surface area contributed by atoms with Crippen molar-refractivity contribution < 1.29 is 9.90 Å². The number of piperazine rings is 1. The van der Waals surface area contributed by atoms with Gasteiger partial charge in [0.25, 0.3) is 0 Å². The minimum absolute atomic E-state index is 0.0107. The van der Waals surface area contributed by atoms with Gasteiger partial charge in [-0.15, -0.1) is 0 Å². The van der Waals surface area contributed by atoms with E-state index in [4.69, 9.17) is 0 Å². The fraction of sp³-hybridized carbons (Fsp3) is 0.933. The van der Waals surface area contributed by atoms with Gasteiger partial charge in [-0.1, -0.05) is 13.8 Å². The van der Waals surface area contributed by atoms with Gasteiger partial charge >= 0.3 is 0 Å². The lowest BCUT2D eigenvalue weighted by Crippen LogP contribution is -2.61. The summed E-state index contributed by atoms with van der Waals surface area (Å²) >= 11 is 0. The average molecular weight is 285 g/mol. The number of nitrogens with one attached hydrogen (secondary N) is 2. The van der Waals surface area contributed by atoms with Crippen LogP contribution in [0.15, 0.2) is 0 Å². The van der Waals surface area contributed by atoms with Gasteiger partial charge in [0.15, 0.2) is 0 Å². The van der Waals surface area contributed by atoms with Crippen molar-refractivity contribution in [2.45, 2.75) is 52.2 Å². The highest BCUT2D eigenvalue weighted by Gasteiger charge is 2.36. The molecule has 1 fully saturated rings. The molecular formula is C15H31N3O2. The smallest absolute Gasteiger partial charge is 0.240 e. The zero-order valence-electron chi connectivity index (χ0n) is 13.6. The van der Waals surface area contributed by atoms with Crippen LogP contribution in [0.4, 0.5) is 0 Å². The molecule has 0 radical (unpaired) electrons. The quantitative estimate of drug-likeness (QED) is 0.668. The highest BCUT2D eigenvalue weighted by atomic mass is 16.3. The van der Waals surface area contributed by atoms with Gasteiger partial charge in [-0.3, -0.25) is 9.69 Å². The van der Waals surface area contributed by atoms with E-state index >= 15 is 0 Å².